The molecule has 196 valence electrons. The van der Waals surface area contributed by atoms with Crippen LogP contribution in [0.4, 0.5) is 17.6 Å². The van der Waals surface area contributed by atoms with Crippen molar-refractivity contribution in [2.24, 2.45) is 11.7 Å². The molecule has 1 atom stereocenters. The molecule has 0 aliphatic heterocycles. The van der Waals surface area contributed by atoms with Crippen molar-refractivity contribution in [3.8, 4) is 17.1 Å². The van der Waals surface area contributed by atoms with Crippen LogP contribution >= 0.6 is 15.9 Å². The molecular formula is C24H28BrF4N5O2. The summed E-state index contributed by atoms with van der Waals surface area (Å²) in [5, 5.41) is 8.52. The number of aliphatic hydroxyl groups excluding tert-OH is 1. The zero-order chi connectivity index (χ0) is 27.1. The second-order valence-electron chi connectivity index (χ2n) is 8.79. The van der Waals surface area contributed by atoms with Crippen molar-refractivity contribution < 1.29 is 27.4 Å². The molecule has 0 aliphatic carbocycles. The summed E-state index contributed by atoms with van der Waals surface area (Å²) in [4.78, 5) is 15.5. The number of aliphatic hydroxyl groups is 1. The highest BCUT2D eigenvalue weighted by Gasteiger charge is 2.37. The Balaban J connectivity index is 0.000000380. The number of alkyl halides is 3. The average molecular weight is 574 g/mol. The topological polar surface area (TPSA) is 107 Å². The number of ether oxygens (including phenoxy) is 1. The number of pyridine rings is 2. The zero-order valence-electron chi connectivity index (χ0n) is 20.3. The molecule has 0 bridgehead atoms. The van der Waals surface area contributed by atoms with Crippen molar-refractivity contribution in [2.75, 3.05) is 6.61 Å². The zero-order valence-corrected chi connectivity index (χ0v) is 21.9. The Morgan fingerprint density at radius 3 is 2.28 bits per heavy atom. The highest BCUT2D eigenvalue weighted by atomic mass is 79.9. The number of hydrogen-bond donors (Lipinski definition) is 2. The summed E-state index contributed by atoms with van der Waals surface area (Å²) in [7, 11) is 0. The van der Waals surface area contributed by atoms with Gasteiger partial charge in [0.1, 0.15) is 34.3 Å². The molecular weight excluding hydrogens is 546 g/mol. The number of nitrogens with zero attached hydrogens (tertiary/aromatic N) is 4. The molecule has 0 amide bonds. The fourth-order valence-corrected chi connectivity index (χ4v) is 3.66. The number of hydrogen-bond acceptors (Lipinski definition) is 7. The quantitative estimate of drug-likeness (QED) is 0.284. The maximum atomic E-state index is 13.4. The summed E-state index contributed by atoms with van der Waals surface area (Å²) in [6.45, 7) is 6.99. The first-order valence-corrected chi connectivity index (χ1v) is 11.7. The van der Waals surface area contributed by atoms with Crippen molar-refractivity contribution in [3.63, 3.8) is 0 Å². The number of rotatable bonds is 7. The highest BCUT2D eigenvalue weighted by molar-refractivity contribution is 9.10. The molecule has 0 fully saturated rings. The van der Waals surface area contributed by atoms with E-state index < -0.39 is 23.2 Å². The minimum atomic E-state index is -4.66. The van der Waals surface area contributed by atoms with Crippen LogP contribution in [0.3, 0.4) is 0 Å². The Labute approximate surface area is 215 Å². The van der Waals surface area contributed by atoms with E-state index >= 15 is 0 Å². The van der Waals surface area contributed by atoms with Gasteiger partial charge < -0.3 is 15.6 Å². The van der Waals surface area contributed by atoms with Crippen LogP contribution in [0.1, 0.15) is 44.4 Å². The fraction of sp³-hybridized carbons (Fsp3) is 0.417. The van der Waals surface area contributed by atoms with Gasteiger partial charge in [0.15, 0.2) is 5.69 Å². The molecule has 0 aliphatic rings. The van der Waals surface area contributed by atoms with E-state index in [1.165, 1.54) is 36.5 Å². The molecule has 0 spiro atoms. The predicted octanol–water partition coefficient (Wildman–Crippen LogP) is 5.48. The van der Waals surface area contributed by atoms with Gasteiger partial charge in [-0.3, -0.25) is 0 Å². The second kappa shape index (κ2) is 12.5. The van der Waals surface area contributed by atoms with Crippen molar-refractivity contribution in [1.29, 1.82) is 0 Å². The lowest BCUT2D eigenvalue weighted by atomic mass is 9.93. The van der Waals surface area contributed by atoms with Gasteiger partial charge in [0, 0.05) is 11.7 Å². The SMILES string of the molecule is Cc1nccc(-c2ccc(OC[C@@](C)(N)CC(C)C)c(C(F)(F)F)n2)n1.OCc1nc(Br)ccc1F. The lowest BCUT2D eigenvalue weighted by molar-refractivity contribution is -0.142. The molecule has 0 saturated carbocycles. The third kappa shape index (κ3) is 9.07. The lowest BCUT2D eigenvalue weighted by Gasteiger charge is -2.27. The largest absolute Gasteiger partial charge is 0.489 e. The Bertz CT molecular complexity index is 1160. The molecule has 3 N–H and O–H groups in total. The molecule has 7 nitrogen and oxygen atoms in total. The Hall–Kier alpha value is -2.70. The Morgan fingerprint density at radius 1 is 1.06 bits per heavy atom. The van der Waals surface area contributed by atoms with Gasteiger partial charge in [-0.2, -0.15) is 13.2 Å². The number of aryl methyl sites for hydroxylation is 1. The molecule has 3 heterocycles. The average Bonchev–Trinajstić information content (AvgIpc) is 2.78. The van der Waals surface area contributed by atoms with Crippen LogP contribution in [-0.4, -0.2) is 37.2 Å². The van der Waals surface area contributed by atoms with E-state index in [0.717, 1.165) is 0 Å². The molecule has 3 rings (SSSR count). The monoisotopic (exact) mass is 573 g/mol. The van der Waals surface area contributed by atoms with Gasteiger partial charge in [0.25, 0.3) is 0 Å². The lowest BCUT2D eigenvalue weighted by Crippen LogP contribution is -2.43. The molecule has 3 aromatic heterocycles. The summed E-state index contributed by atoms with van der Waals surface area (Å²) in [5.74, 6) is -0.0684. The van der Waals surface area contributed by atoms with Gasteiger partial charge in [0.2, 0.25) is 0 Å². The van der Waals surface area contributed by atoms with E-state index in [0.29, 0.717) is 28.5 Å². The standard InChI is InChI=1S/C18H23F3N4O.C6H5BrFNO/c1-11(2)9-17(4,22)10-26-15-6-5-13(25-16(15)18(19,20)21)14-7-8-23-12(3)24-14;7-6-2-1-4(8)5(3-10)9-6/h5-8,11H,9-10,22H2,1-4H3;1-2,10H,3H2/t17-;/m0./s1. The summed E-state index contributed by atoms with van der Waals surface area (Å²) in [6.07, 6.45) is -2.56. The predicted molar refractivity (Wildman–Crippen MR) is 130 cm³/mol. The number of halogens is 5. The van der Waals surface area contributed by atoms with Gasteiger partial charge >= 0.3 is 6.18 Å². The maximum absolute atomic E-state index is 13.4. The van der Waals surface area contributed by atoms with Crippen LogP contribution in [0.2, 0.25) is 0 Å². The third-order valence-corrected chi connectivity index (χ3v) is 5.07. The molecule has 0 radical (unpaired) electrons. The van der Waals surface area contributed by atoms with Crippen LogP contribution in [0, 0.1) is 18.7 Å². The van der Waals surface area contributed by atoms with Crippen LogP contribution < -0.4 is 10.5 Å². The van der Waals surface area contributed by atoms with Gasteiger partial charge in [-0.05, 0) is 72.4 Å². The molecule has 36 heavy (non-hydrogen) atoms. The summed E-state index contributed by atoms with van der Waals surface area (Å²) < 4.78 is 58.8. The summed E-state index contributed by atoms with van der Waals surface area (Å²) in [5.41, 5.74) is 4.78. The second-order valence-corrected chi connectivity index (χ2v) is 9.60. The minimum absolute atomic E-state index is 0.0398. The Kier molecular flexibility index (Phi) is 10.3. The van der Waals surface area contributed by atoms with E-state index in [9.17, 15) is 17.6 Å². The van der Waals surface area contributed by atoms with Gasteiger partial charge in [-0.25, -0.2) is 24.3 Å². The number of nitrogens with two attached hydrogens (primary N) is 1. The third-order valence-electron chi connectivity index (χ3n) is 4.63. The molecule has 3 aromatic rings. The molecule has 0 unspecified atom stereocenters. The van der Waals surface area contributed by atoms with E-state index in [2.05, 4.69) is 35.9 Å². The van der Waals surface area contributed by atoms with Crippen molar-refractivity contribution in [2.45, 2.75) is 52.4 Å². The van der Waals surface area contributed by atoms with E-state index in [1.807, 2.05) is 13.8 Å². The minimum Gasteiger partial charge on any atom is -0.489 e. The van der Waals surface area contributed by atoms with Crippen molar-refractivity contribution in [3.05, 3.63) is 64.2 Å². The van der Waals surface area contributed by atoms with Gasteiger partial charge in [-0.15, -0.1) is 0 Å². The van der Waals surface area contributed by atoms with Crippen molar-refractivity contribution in [1.82, 2.24) is 19.9 Å². The Morgan fingerprint density at radius 2 is 1.72 bits per heavy atom. The first-order chi connectivity index (χ1) is 16.7. The number of aromatic nitrogens is 4. The molecule has 12 heteroatoms. The summed E-state index contributed by atoms with van der Waals surface area (Å²) in [6, 6.07) is 6.95. The van der Waals surface area contributed by atoms with Crippen molar-refractivity contribution >= 4 is 15.9 Å². The highest BCUT2D eigenvalue weighted by Crippen LogP contribution is 2.36. The van der Waals surface area contributed by atoms with Crippen LogP contribution in [0.5, 0.6) is 5.75 Å². The molecule has 0 aromatic carbocycles. The van der Waals surface area contributed by atoms with E-state index in [4.69, 9.17) is 15.6 Å². The van der Waals surface area contributed by atoms with Crippen LogP contribution in [0.15, 0.2) is 41.1 Å². The first-order valence-electron chi connectivity index (χ1n) is 10.9. The fourth-order valence-electron chi connectivity index (χ4n) is 3.31. The van der Waals surface area contributed by atoms with E-state index in [-0.39, 0.29) is 30.4 Å². The first kappa shape index (κ1) is 29.5. The van der Waals surface area contributed by atoms with Crippen LogP contribution in [0.25, 0.3) is 11.4 Å². The summed E-state index contributed by atoms with van der Waals surface area (Å²) >= 11 is 3.05. The van der Waals surface area contributed by atoms with Crippen LogP contribution in [-0.2, 0) is 12.8 Å². The smallest absolute Gasteiger partial charge is 0.437 e. The van der Waals surface area contributed by atoms with E-state index in [1.54, 1.807) is 13.8 Å². The van der Waals surface area contributed by atoms with Gasteiger partial charge in [-0.1, -0.05) is 13.8 Å². The molecule has 0 saturated heterocycles. The van der Waals surface area contributed by atoms with Gasteiger partial charge in [0.05, 0.1) is 18.0 Å². The normalized spacial score (nSPS) is 13.1. The maximum Gasteiger partial charge on any atom is 0.437 e.